The highest BCUT2D eigenvalue weighted by molar-refractivity contribution is 7.13. The molecule has 0 saturated carbocycles. The molecule has 6 heteroatoms. The lowest BCUT2D eigenvalue weighted by molar-refractivity contribution is 0.651. The molecule has 1 aromatic heterocycles. The standard InChI is InChI=1S/C18H17N5S/c19-12-13-11-14(20)5-6-16(13)22-7-9-23(10-8-22)18-15-3-1-2-4-17(15)24-21-18/h1-6,11H,7-10,20H2. The number of fused-ring (bicyclic) bond motifs is 1. The highest BCUT2D eigenvalue weighted by atomic mass is 32.1. The van der Waals surface area contributed by atoms with Gasteiger partial charge in [0.25, 0.3) is 0 Å². The van der Waals surface area contributed by atoms with Crippen LogP contribution < -0.4 is 15.5 Å². The van der Waals surface area contributed by atoms with E-state index in [9.17, 15) is 5.26 Å². The van der Waals surface area contributed by atoms with Crippen LogP contribution in [0.5, 0.6) is 0 Å². The van der Waals surface area contributed by atoms with Gasteiger partial charge in [0.2, 0.25) is 0 Å². The minimum absolute atomic E-state index is 0.628. The monoisotopic (exact) mass is 335 g/mol. The van der Waals surface area contributed by atoms with E-state index in [-0.39, 0.29) is 0 Å². The molecular formula is C18H17N5S. The molecule has 0 spiro atoms. The summed E-state index contributed by atoms with van der Waals surface area (Å²) >= 11 is 1.55. The van der Waals surface area contributed by atoms with Crippen LogP contribution in [0.4, 0.5) is 17.2 Å². The van der Waals surface area contributed by atoms with Crippen LogP contribution in [-0.2, 0) is 0 Å². The Balaban J connectivity index is 1.54. The summed E-state index contributed by atoms with van der Waals surface area (Å²) in [6.07, 6.45) is 0. The maximum atomic E-state index is 9.34. The quantitative estimate of drug-likeness (QED) is 0.729. The number of nitrogens with zero attached hydrogens (tertiary/aromatic N) is 4. The topological polar surface area (TPSA) is 69.2 Å². The Hall–Kier alpha value is -2.78. The van der Waals surface area contributed by atoms with Crippen molar-refractivity contribution in [2.24, 2.45) is 0 Å². The van der Waals surface area contributed by atoms with Crippen LogP contribution in [0, 0.1) is 11.3 Å². The summed E-state index contributed by atoms with van der Waals surface area (Å²) < 4.78 is 5.86. The molecule has 1 aliphatic heterocycles. The molecule has 24 heavy (non-hydrogen) atoms. The Morgan fingerprint density at radius 3 is 2.58 bits per heavy atom. The molecule has 1 saturated heterocycles. The van der Waals surface area contributed by atoms with Gasteiger partial charge in [0.15, 0.2) is 0 Å². The first-order chi connectivity index (χ1) is 11.8. The van der Waals surface area contributed by atoms with E-state index >= 15 is 0 Å². The number of rotatable bonds is 2. The molecule has 0 aliphatic carbocycles. The average molecular weight is 335 g/mol. The van der Waals surface area contributed by atoms with E-state index in [1.54, 1.807) is 17.6 Å². The summed E-state index contributed by atoms with van der Waals surface area (Å²) in [4.78, 5) is 4.59. The van der Waals surface area contributed by atoms with Crippen LogP contribution >= 0.6 is 11.5 Å². The fourth-order valence-corrected chi connectivity index (χ4v) is 3.97. The van der Waals surface area contributed by atoms with Gasteiger partial charge in [0, 0.05) is 37.3 Å². The predicted octanol–water partition coefficient (Wildman–Crippen LogP) is 3.08. The normalized spacial score (nSPS) is 14.8. The van der Waals surface area contributed by atoms with Crippen molar-refractivity contribution in [3.05, 3.63) is 48.0 Å². The summed E-state index contributed by atoms with van der Waals surface area (Å²) in [6, 6.07) is 16.2. The second-order valence-corrected chi connectivity index (χ2v) is 6.67. The van der Waals surface area contributed by atoms with E-state index in [1.807, 2.05) is 18.2 Å². The van der Waals surface area contributed by atoms with Crippen molar-refractivity contribution in [2.75, 3.05) is 41.7 Å². The first-order valence-corrected chi connectivity index (χ1v) is 8.67. The van der Waals surface area contributed by atoms with Crippen LogP contribution in [0.25, 0.3) is 10.1 Å². The molecule has 2 heterocycles. The van der Waals surface area contributed by atoms with Crippen LogP contribution in [0.15, 0.2) is 42.5 Å². The number of nitrogens with two attached hydrogens (primary N) is 1. The molecule has 2 aromatic carbocycles. The smallest absolute Gasteiger partial charge is 0.150 e. The van der Waals surface area contributed by atoms with Gasteiger partial charge in [-0.2, -0.15) is 9.64 Å². The van der Waals surface area contributed by atoms with Crippen LogP contribution in [0.1, 0.15) is 5.56 Å². The fourth-order valence-electron chi connectivity index (χ4n) is 3.18. The third-order valence-corrected chi connectivity index (χ3v) is 5.24. The van der Waals surface area contributed by atoms with E-state index in [4.69, 9.17) is 5.73 Å². The zero-order chi connectivity index (χ0) is 16.5. The second kappa shape index (κ2) is 6.02. The van der Waals surface area contributed by atoms with Crippen LogP contribution in [0.3, 0.4) is 0 Å². The van der Waals surface area contributed by atoms with Gasteiger partial charge in [0.05, 0.1) is 16.0 Å². The van der Waals surface area contributed by atoms with E-state index in [2.05, 4.69) is 38.4 Å². The maximum absolute atomic E-state index is 9.34. The van der Waals surface area contributed by atoms with Gasteiger partial charge in [-0.15, -0.1) is 0 Å². The molecule has 5 nitrogen and oxygen atoms in total. The van der Waals surface area contributed by atoms with E-state index in [0.29, 0.717) is 11.3 Å². The summed E-state index contributed by atoms with van der Waals surface area (Å²) in [5.74, 6) is 1.08. The summed E-state index contributed by atoms with van der Waals surface area (Å²) in [5.41, 5.74) is 8.02. The first kappa shape index (κ1) is 14.8. The zero-order valence-electron chi connectivity index (χ0n) is 13.1. The second-order valence-electron chi connectivity index (χ2n) is 5.86. The number of nitriles is 1. The van der Waals surface area contributed by atoms with Crippen molar-refractivity contribution in [3.63, 3.8) is 0 Å². The predicted molar refractivity (Wildman–Crippen MR) is 99.6 cm³/mol. The van der Waals surface area contributed by atoms with Crippen molar-refractivity contribution < 1.29 is 0 Å². The Bertz CT molecular complexity index is 919. The summed E-state index contributed by atoms with van der Waals surface area (Å²) in [7, 11) is 0. The first-order valence-electron chi connectivity index (χ1n) is 7.90. The molecule has 2 N–H and O–H groups in total. The van der Waals surface area contributed by atoms with Crippen LogP contribution in [0.2, 0.25) is 0 Å². The van der Waals surface area contributed by atoms with E-state index in [0.717, 1.165) is 37.7 Å². The SMILES string of the molecule is N#Cc1cc(N)ccc1N1CCN(c2nsc3ccccc23)CC1. The maximum Gasteiger partial charge on any atom is 0.150 e. The van der Waals surface area contributed by atoms with Gasteiger partial charge in [-0.25, -0.2) is 0 Å². The van der Waals surface area contributed by atoms with Crippen molar-refractivity contribution in [1.29, 1.82) is 5.26 Å². The Labute approximate surface area is 144 Å². The van der Waals surface area contributed by atoms with Gasteiger partial charge in [-0.1, -0.05) is 12.1 Å². The Kier molecular flexibility index (Phi) is 3.71. The fraction of sp³-hybridized carbons (Fsp3) is 0.222. The molecule has 0 bridgehead atoms. The molecule has 0 radical (unpaired) electrons. The van der Waals surface area contributed by atoms with Gasteiger partial charge >= 0.3 is 0 Å². The summed E-state index contributed by atoms with van der Waals surface area (Å²) in [5, 5.41) is 10.6. The van der Waals surface area contributed by atoms with Gasteiger partial charge in [0.1, 0.15) is 11.9 Å². The zero-order valence-corrected chi connectivity index (χ0v) is 14.0. The lowest BCUT2D eigenvalue weighted by Gasteiger charge is -2.36. The van der Waals surface area contributed by atoms with Crippen LogP contribution in [-0.4, -0.2) is 30.6 Å². The lowest BCUT2D eigenvalue weighted by atomic mass is 10.1. The van der Waals surface area contributed by atoms with Crippen molar-refractivity contribution in [3.8, 4) is 6.07 Å². The van der Waals surface area contributed by atoms with E-state index in [1.165, 1.54) is 10.1 Å². The third-order valence-electron chi connectivity index (χ3n) is 4.42. The van der Waals surface area contributed by atoms with Crippen molar-refractivity contribution in [1.82, 2.24) is 4.37 Å². The molecule has 1 fully saturated rings. The molecule has 4 rings (SSSR count). The lowest BCUT2D eigenvalue weighted by Crippen LogP contribution is -2.47. The molecule has 1 aliphatic rings. The van der Waals surface area contributed by atoms with Crippen molar-refractivity contribution in [2.45, 2.75) is 0 Å². The van der Waals surface area contributed by atoms with E-state index < -0.39 is 0 Å². The van der Waals surface area contributed by atoms with Gasteiger partial charge in [-0.3, -0.25) is 0 Å². The number of nitrogen functional groups attached to an aromatic ring is 1. The highest BCUT2D eigenvalue weighted by Crippen LogP contribution is 2.31. The molecule has 0 atom stereocenters. The molecular weight excluding hydrogens is 318 g/mol. The number of hydrogen-bond donors (Lipinski definition) is 1. The molecule has 0 amide bonds. The number of anilines is 3. The number of piperazine rings is 1. The average Bonchev–Trinajstić information content (AvgIpc) is 3.06. The van der Waals surface area contributed by atoms with Crippen molar-refractivity contribution >= 4 is 38.8 Å². The summed E-state index contributed by atoms with van der Waals surface area (Å²) in [6.45, 7) is 3.51. The molecule has 3 aromatic rings. The highest BCUT2D eigenvalue weighted by Gasteiger charge is 2.22. The largest absolute Gasteiger partial charge is 0.399 e. The van der Waals surface area contributed by atoms with Gasteiger partial charge < -0.3 is 15.5 Å². The number of benzene rings is 2. The third kappa shape index (κ3) is 2.53. The number of hydrogen-bond acceptors (Lipinski definition) is 6. The Morgan fingerprint density at radius 1 is 1.04 bits per heavy atom. The molecule has 120 valence electrons. The number of aromatic nitrogens is 1. The minimum atomic E-state index is 0.628. The molecule has 0 unspecified atom stereocenters. The minimum Gasteiger partial charge on any atom is -0.399 e. The van der Waals surface area contributed by atoms with Gasteiger partial charge in [-0.05, 0) is 41.9 Å². The Morgan fingerprint density at radius 2 is 1.79 bits per heavy atom.